The van der Waals surface area contributed by atoms with Gasteiger partial charge in [0.2, 0.25) is 0 Å². The molecule has 0 aliphatic heterocycles. The van der Waals surface area contributed by atoms with E-state index in [0.717, 1.165) is 0 Å². The van der Waals surface area contributed by atoms with E-state index in [1.807, 2.05) is 0 Å². The first kappa shape index (κ1) is 17.5. The van der Waals surface area contributed by atoms with Crippen LogP contribution in [0.1, 0.15) is 25.2 Å². The highest BCUT2D eigenvalue weighted by Crippen LogP contribution is 2.05. The molecule has 0 aliphatic carbocycles. The largest absolute Gasteiger partial charge is 0.454 e. The maximum absolute atomic E-state index is 11.8. The summed E-state index contributed by atoms with van der Waals surface area (Å²) in [7, 11) is 0. The van der Waals surface area contributed by atoms with Gasteiger partial charge in [-0.05, 0) is 13.8 Å². The fourth-order valence-corrected chi connectivity index (χ4v) is 2.00. The summed E-state index contributed by atoms with van der Waals surface area (Å²) in [5.41, 5.74) is 1.34. The number of rotatable bonds is 6. The Labute approximate surface area is 139 Å². The zero-order chi connectivity index (χ0) is 17.4. The quantitative estimate of drug-likeness (QED) is 0.569. The van der Waals surface area contributed by atoms with E-state index in [9.17, 15) is 9.59 Å². The molecule has 0 saturated heterocycles. The van der Waals surface area contributed by atoms with Crippen molar-refractivity contribution in [1.29, 1.82) is 0 Å². The number of ether oxygens (including phenoxy) is 2. The Morgan fingerprint density at radius 1 is 0.833 bits per heavy atom. The smallest absolute Gasteiger partial charge is 0.417 e. The summed E-state index contributed by atoms with van der Waals surface area (Å²) < 4.78 is 10.1. The third kappa shape index (κ3) is 5.71. The monoisotopic (exact) mass is 330 g/mol. The molecular weight excluding hydrogens is 312 g/mol. The van der Waals surface area contributed by atoms with Gasteiger partial charge in [0.15, 0.2) is 0 Å². The van der Waals surface area contributed by atoms with Crippen LogP contribution in [-0.2, 0) is 31.9 Å². The molecule has 0 spiro atoms. The number of hydrogen-bond acceptors (Lipinski definition) is 8. The molecule has 0 bridgehead atoms. The van der Waals surface area contributed by atoms with Crippen molar-refractivity contribution < 1.29 is 19.1 Å². The Kier molecular flexibility index (Phi) is 6.30. The van der Waals surface area contributed by atoms with E-state index in [4.69, 9.17) is 9.47 Å². The predicted octanol–water partition coefficient (Wildman–Crippen LogP) is 0.915. The van der Waals surface area contributed by atoms with Gasteiger partial charge in [-0.1, -0.05) is 0 Å². The Balaban J connectivity index is 1.78. The molecule has 2 unspecified atom stereocenters. The van der Waals surface area contributed by atoms with Crippen LogP contribution in [-0.4, -0.2) is 44.1 Å². The van der Waals surface area contributed by atoms with Crippen molar-refractivity contribution in [2.75, 3.05) is 0 Å². The summed E-state index contributed by atoms with van der Waals surface area (Å²) in [5, 5.41) is 0. The molecule has 0 saturated carbocycles. The van der Waals surface area contributed by atoms with Gasteiger partial charge in [-0.25, -0.2) is 9.59 Å². The van der Waals surface area contributed by atoms with Gasteiger partial charge in [-0.15, -0.1) is 0 Å². The molecule has 0 N–H and O–H groups in total. The average molecular weight is 330 g/mol. The highest BCUT2D eigenvalue weighted by molar-refractivity contribution is 6.29. The summed E-state index contributed by atoms with van der Waals surface area (Å²) in [4.78, 5) is 39.6. The van der Waals surface area contributed by atoms with Crippen LogP contribution in [0, 0.1) is 0 Å². The Morgan fingerprint density at radius 3 is 1.58 bits per heavy atom. The topological polar surface area (TPSA) is 104 Å². The third-order valence-corrected chi connectivity index (χ3v) is 3.01. The van der Waals surface area contributed by atoms with Gasteiger partial charge in [-0.3, -0.25) is 19.9 Å². The lowest BCUT2D eigenvalue weighted by Gasteiger charge is -2.14. The van der Waals surface area contributed by atoms with Gasteiger partial charge in [0, 0.05) is 50.0 Å². The molecule has 2 aromatic rings. The molecule has 2 atom stereocenters. The molecule has 8 heteroatoms. The van der Waals surface area contributed by atoms with Crippen LogP contribution in [0.15, 0.2) is 37.2 Å². The molecule has 0 fully saturated rings. The summed E-state index contributed by atoms with van der Waals surface area (Å²) in [5.74, 6) is -2.06. The van der Waals surface area contributed by atoms with Crippen molar-refractivity contribution in [3.63, 3.8) is 0 Å². The molecule has 2 aromatic heterocycles. The second-order valence-electron chi connectivity index (χ2n) is 5.23. The van der Waals surface area contributed by atoms with Crippen LogP contribution >= 0.6 is 0 Å². The van der Waals surface area contributed by atoms with Gasteiger partial charge in [0.05, 0.1) is 11.4 Å². The molecule has 0 radical (unpaired) electrons. The van der Waals surface area contributed by atoms with E-state index >= 15 is 0 Å². The lowest BCUT2D eigenvalue weighted by Crippen LogP contribution is -2.29. The molecular formula is C16H18N4O4. The molecule has 2 rings (SSSR count). The van der Waals surface area contributed by atoms with Gasteiger partial charge in [-0.2, -0.15) is 0 Å². The zero-order valence-electron chi connectivity index (χ0n) is 13.5. The van der Waals surface area contributed by atoms with E-state index in [-0.39, 0.29) is 0 Å². The van der Waals surface area contributed by atoms with E-state index in [1.54, 1.807) is 51.0 Å². The normalized spacial score (nSPS) is 12.9. The number of nitrogens with zero attached hydrogens (tertiary/aromatic N) is 4. The van der Waals surface area contributed by atoms with Crippen LogP contribution in [0.4, 0.5) is 0 Å². The van der Waals surface area contributed by atoms with Gasteiger partial charge in [0.1, 0.15) is 12.2 Å². The first-order valence-corrected chi connectivity index (χ1v) is 7.46. The highest BCUT2D eigenvalue weighted by Gasteiger charge is 2.23. The maximum Gasteiger partial charge on any atom is 0.417 e. The number of esters is 2. The van der Waals surface area contributed by atoms with Crippen molar-refractivity contribution in [2.45, 2.75) is 38.9 Å². The second-order valence-corrected chi connectivity index (χ2v) is 5.23. The van der Waals surface area contributed by atoms with E-state index in [0.29, 0.717) is 24.2 Å². The van der Waals surface area contributed by atoms with Crippen LogP contribution in [0.25, 0.3) is 0 Å². The maximum atomic E-state index is 11.8. The first-order valence-electron chi connectivity index (χ1n) is 7.46. The number of carbonyl (C=O) groups is 2. The minimum absolute atomic E-state index is 0.363. The number of aromatic nitrogens is 4. The molecule has 8 nitrogen and oxygen atoms in total. The van der Waals surface area contributed by atoms with Crippen LogP contribution in [0.3, 0.4) is 0 Å². The van der Waals surface area contributed by atoms with Gasteiger partial charge < -0.3 is 9.47 Å². The van der Waals surface area contributed by atoms with E-state index in [2.05, 4.69) is 19.9 Å². The zero-order valence-corrected chi connectivity index (χ0v) is 13.5. The van der Waals surface area contributed by atoms with Crippen LogP contribution in [0.5, 0.6) is 0 Å². The van der Waals surface area contributed by atoms with Crippen molar-refractivity contribution in [1.82, 2.24) is 19.9 Å². The van der Waals surface area contributed by atoms with Crippen molar-refractivity contribution >= 4 is 11.9 Å². The van der Waals surface area contributed by atoms with Crippen LogP contribution in [0.2, 0.25) is 0 Å². The Morgan fingerprint density at radius 2 is 1.25 bits per heavy atom. The van der Waals surface area contributed by atoms with Crippen molar-refractivity contribution in [3.8, 4) is 0 Å². The van der Waals surface area contributed by atoms with Crippen molar-refractivity contribution in [2.24, 2.45) is 0 Å². The minimum atomic E-state index is -1.03. The first-order chi connectivity index (χ1) is 11.5. The minimum Gasteiger partial charge on any atom is -0.454 e. The molecule has 0 amide bonds. The average Bonchev–Trinajstić information content (AvgIpc) is 2.56. The van der Waals surface area contributed by atoms with E-state index < -0.39 is 24.1 Å². The third-order valence-electron chi connectivity index (χ3n) is 3.01. The molecule has 24 heavy (non-hydrogen) atoms. The highest BCUT2D eigenvalue weighted by atomic mass is 16.6. The standard InChI is InChI=1S/C16H18N4O4/c1-11(7-13-9-17-3-5-19-13)23-15(21)16(22)24-12(2)8-14-10-18-4-6-20-14/h3-6,9-12H,7-8H2,1-2H3. The molecule has 0 aliphatic rings. The molecule has 0 aromatic carbocycles. The molecule has 2 heterocycles. The fourth-order valence-electron chi connectivity index (χ4n) is 2.00. The lowest BCUT2D eigenvalue weighted by atomic mass is 10.2. The summed E-state index contributed by atoms with van der Waals surface area (Å²) in [6.07, 6.45) is 9.04. The second kappa shape index (κ2) is 8.66. The van der Waals surface area contributed by atoms with Gasteiger partial charge in [0.25, 0.3) is 0 Å². The fraction of sp³-hybridized carbons (Fsp3) is 0.375. The SMILES string of the molecule is CC(Cc1cnccn1)OC(=O)C(=O)OC(C)Cc1cnccn1. The summed E-state index contributed by atoms with van der Waals surface area (Å²) in [6.45, 7) is 3.34. The molecule has 126 valence electrons. The summed E-state index contributed by atoms with van der Waals surface area (Å²) in [6, 6.07) is 0. The van der Waals surface area contributed by atoms with E-state index in [1.165, 1.54) is 0 Å². The Bertz CT molecular complexity index is 607. The van der Waals surface area contributed by atoms with Gasteiger partial charge >= 0.3 is 11.9 Å². The predicted molar refractivity (Wildman–Crippen MR) is 82.6 cm³/mol. The Hall–Kier alpha value is -2.90. The number of carbonyl (C=O) groups excluding carboxylic acids is 2. The van der Waals surface area contributed by atoms with Crippen LogP contribution < -0.4 is 0 Å². The lowest BCUT2D eigenvalue weighted by molar-refractivity contribution is -0.173. The summed E-state index contributed by atoms with van der Waals surface area (Å²) >= 11 is 0. The number of hydrogen-bond donors (Lipinski definition) is 0. The van der Waals surface area contributed by atoms with Crippen molar-refractivity contribution in [3.05, 3.63) is 48.6 Å².